The summed E-state index contributed by atoms with van der Waals surface area (Å²) < 4.78 is 9.67. The van der Waals surface area contributed by atoms with Gasteiger partial charge in [0.15, 0.2) is 0 Å². The first-order valence-electron chi connectivity index (χ1n) is 16.7. The maximum atomic E-state index is 11.8. The van der Waals surface area contributed by atoms with E-state index < -0.39 is 0 Å². The van der Waals surface area contributed by atoms with Gasteiger partial charge in [-0.15, -0.1) is 13.2 Å². The quantitative estimate of drug-likeness (QED) is 0.0344. The van der Waals surface area contributed by atoms with Gasteiger partial charge in [-0.3, -0.25) is 9.69 Å². The van der Waals surface area contributed by atoms with Gasteiger partial charge in [0.05, 0.1) is 19.3 Å². The third kappa shape index (κ3) is 35.4. The number of ether oxygens (including phenoxy) is 2. The topological polar surface area (TPSA) is 141 Å². The molecule has 0 unspecified atom stereocenters. The summed E-state index contributed by atoms with van der Waals surface area (Å²) in [6.45, 7) is 31.4. The molecule has 0 aliphatic carbocycles. The maximum absolute atomic E-state index is 11.8. The number of nitriles is 1. The fraction of sp³-hybridized carbons (Fsp3) is 0.415. The molecule has 0 heterocycles. The summed E-state index contributed by atoms with van der Waals surface area (Å²) in [5.74, 6) is -0.649. The molecule has 0 aliphatic heterocycles. The van der Waals surface area contributed by atoms with Crippen LogP contribution in [0.4, 0.5) is 0 Å². The first-order chi connectivity index (χ1) is 24.6. The van der Waals surface area contributed by atoms with Crippen molar-refractivity contribution in [3.63, 3.8) is 0 Å². The van der Waals surface area contributed by atoms with Gasteiger partial charge < -0.3 is 26.4 Å². The maximum Gasteiger partial charge on any atom is 1.00 e. The molecule has 0 aromatic heterocycles. The Morgan fingerprint density at radius 2 is 1.30 bits per heavy atom. The van der Waals surface area contributed by atoms with Crippen LogP contribution in [0.3, 0.4) is 0 Å². The Labute approximate surface area is 420 Å². The predicted molar refractivity (Wildman–Crippen MR) is 213 cm³/mol. The van der Waals surface area contributed by atoms with Crippen LogP contribution in [0.25, 0.3) is 0 Å². The average molecular weight is 865 g/mol. The fourth-order valence-corrected chi connectivity index (χ4v) is 4.19. The third-order valence-electron chi connectivity index (χ3n) is 6.70. The second-order valence-electron chi connectivity index (χ2n) is 12.1. The van der Waals surface area contributed by atoms with E-state index in [4.69, 9.17) is 20.1 Å². The van der Waals surface area contributed by atoms with E-state index in [1.165, 1.54) is 18.1 Å². The minimum Gasteiger partial charge on any atom is -1.00 e. The summed E-state index contributed by atoms with van der Waals surface area (Å²) in [7, 11) is 0. The molecule has 0 saturated heterocycles. The SMILES string of the molecule is C=C(CBr)C(=O)OCC.C=CCC(C)(C)N(CC(=C)C(=O)OCC)Cc1ccccc1.C=CCC(C)(C)NCc1ccccc1.CC#N.O=CO[O-].[H-].[K+].[K+]. The van der Waals surface area contributed by atoms with Gasteiger partial charge in [0, 0.05) is 54.1 Å². The smallest absolute Gasteiger partial charge is 1.00 e. The van der Waals surface area contributed by atoms with Crippen molar-refractivity contribution < 1.29 is 138 Å². The van der Waals surface area contributed by atoms with Crippen LogP contribution in [0.5, 0.6) is 0 Å². The van der Waals surface area contributed by atoms with Crippen molar-refractivity contribution >= 4 is 34.3 Å². The summed E-state index contributed by atoms with van der Waals surface area (Å²) in [5.41, 5.74) is 3.48. The molecule has 1 N–H and O–H groups in total. The molecule has 2 aromatic carbocycles. The zero-order valence-corrected chi connectivity index (χ0v) is 42.0. The number of alkyl halides is 1. The molecule has 0 radical (unpaired) electrons. The number of carbonyl (C=O) groups is 3. The molecule has 0 saturated carbocycles. The number of halogens is 1. The van der Waals surface area contributed by atoms with Crippen molar-refractivity contribution in [1.29, 1.82) is 5.26 Å². The molecule has 0 fully saturated rings. The van der Waals surface area contributed by atoms with E-state index >= 15 is 0 Å². The Morgan fingerprint density at radius 1 is 0.889 bits per heavy atom. The number of esters is 2. The van der Waals surface area contributed by atoms with E-state index in [1.54, 1.807) is 19.9 Å². The third-order valence-corrected chi connectivity index (χ3v) is 7.37. The molecule has 10 nitrogen and oxygen atoms in total. The molecule has 54 heavy (non-hydrogen) atoms. The van der Waals surface area contributed by atoms with E-state index in [2.05, 4.69) is 126 Å². The fourth-order valence-electron chi connectivity index (χ4n) is 3.96. The van der Waals surface area contributed by atoms with Crippen LogP contribution >= 0.6 is 15.9 Å². The van der Waals surface area contributed by atoms with Crippen LogP contribution in [-0.2, 0) is 41.8 Å². The van der Waals surface area contributed by atoms with Gasteiger partial charge in [-0.05, 0) is 65.5 Å². The number of carbonyl (C=O) groups excluding carboxylic acids is 3. The Hall–Kier alpha value is -1.07. The molecule has 2 rings (SSSR count). The zero-order valence-electron chi connectivity index (χ0n) is 35.1. The van der Waals surface area contributed by atoms with E-state index in [1.807, 2.05) is 36.4 Å². The molecule has 2 aromatic rings. The minimum absolute atomic E-state index is 0. The van der Waals surface area contributed by atoms with Crippen LogP contribution in [0.15, 0.2) is 110 Å². The standard InChI is InChI=1S/C19H27NO2.C13H19N.C6H9BrO2.C2H3N.CH2O3.2K.H/c1-6-13-19(4,5)20(14-16(3)18(21)22-7-2)15-17-11-9-8-10-12-17;1-4-10-13(2,3)14-11-12-8-6-5-7-9-12;1-3-9-6(8)5(2)4-7;1-2-3;2-1-4-3;;;/h6,8-12H,1,3,7,13-15H2,2,4-5H3;4-9,14H,1,10-11H2,2-3H3;2-4H2,1H3;1H3;1,3H;;;/q;;;;;2*+1;-1/p-1. The van der Waals surface area contributed by atoms with E-state index in [-0.39, 0.29) is 134 Å². The first-order valence-corrected chi connectivity index (χ1v) is 17.8. The molecular weight excluding hydrogens is 805 g/mol. The monoisotopic (exact) mass is 863 g/mol. The normalized spacial score (nSPS) is 9.50. The molecule has 0 amide bonds. The van der Waals surface area contributed by atoms with Crippen molar-refractivity contribution in [2.75, 3.05) is 25.1 Å². The number of hydrogen-bond acceptors (Lipinski definition) is 10. The van der Waals surface area contributed by atoms with Crippen molar-refractivity contribution in [2.45, 2.75) is 85.5 Å². The number of hydrogen-bond donors (Lipinski definition) is 1. The molecule has 0 bridgehead atoms. The van der Waals surface area contributed by atoms with E-state index in [0.29, 0.717) is 36.2 Å². The van der Waals surface area contributed by atoms with E-state index in [0.717, 1.165) is 25.9 Å². The summed E-state index contributed by atoms with van der Waals surface area (Å²) in [5, 5.41) is 19.7. The molecular formula is C41H60BrK2N3O7. The Bertz CT molecular complexity index is 1360. The van der Waals surface area contributed by atoms with Gasteiger partial charge in [0.2, 0.25) is 0 Å². The van der Waals surface area contributed by atoms with Crippen LogP contribution in [0.2, 0.25) is 0 Å². The summed E-state index contributed by atoms with van der Waals surface area (Å²) >= 11 is 3.08. The van der Waals surface area contributed by atoms with Crippen molar-refractivity contribution in [1.82, 2.24) is 10.2 Å². The van der Waals surface area contributed by atoms with Crippen molar-refractivity contribution in [3.8, 4) is 6.07 Å². The number of benzene rings is 2. The number of nitrogens with one attached hydrogen (secondary N) is 1. The number of nitrogens with zero attached hydrogens (tertiary/aromatic N) is 2. The Kier molecular flexibility index (Phi) is 46.2. The van der Waals surface area contributed by atoms with Gasteiger partial charge in [0.1, 0.15) is 0 Å². The van der Waals surface area contributed by atoms with Crippen LogP contribution in [-0.4, -0.2) is 59.5 Å². The van der Waals surface area contributed by atoms with Gasteiger partial charge in [-0.1, -0.05) is 102 Å². The van der Waals surface area contributed by atoms with Crippen LogP contribution in [0, 0.1) is 11.3 Å². The molecule has 0 spiro atoms. The Balaban J connectivity index is -0.000000157. The molecule has 0 aliphatic rings. The predicted octanol–water partition coefficient (Wildman–Crippen LogP) is 1.68. The summed E-state index contributed by atoms with van der Waals surface area (Å²) in [6, 6.07) is 22.4. The van der Waals surface area contributed by atoms with Gasteiger partial charge in [0.25, 0.3) is 6.47 Å². The molecule has 0 atom stereocenters. The van der Waals surface area contributed by atoms with Crippen LogP contribution in [0.1, 0.15) is 73.9 Å². The molecule has 13 heteroatoms. The molecule has 290 valence electrons. The van der Waals surface area contributed by atoms with Crippen molar-refractivity contribution in [3.05, 3.63) is 121 Å². The number of rotatable bonds is 18. The summed E-state index contributed by atoms with van der Waals surface area (Å²) in [6.07, 6.45) is 5.68. The largest absolute Gasteiger partial charge is 1.00 e. The summed E-state index contributed by atoms with van der Waals surface area (Å²) in [4.78, 5) is 36.0. The minimum atomic E-state index is -0.325. The average Bonchev–Trinajstić information content (AvgIpc) is 3.12. The van der Waals surface area contributed by atoms with Crippen LogP contribution < -0.4 is 113 Å². The first kappa shape index (κ1) is 62.1. The van der Waals surface area contributed by atoms with Gasteiger partial charge >= 0.3 is 115 Å². The van der Waals surface area contributed by atoms with Gasteiger partial charge in [-0.2, -0.15) is 5.26 Å². The second kappa shape index (κ2) is 40.1. The van der Waals surface area contributed by atoms with E-state index in [9.17, 15) is 9.59 Å². The van der Waals surface area contributed by atoms with Crippen molar-refractivity contribution in [2.24, 2.45) is 0 Å². The zero-order chi connectivity index (χ0) is 40.4. The Morgan fingerprint density at radius 3 is 1.67 bits per heavy atom. The van der Waals surface area contributed by atoms with Gasteiger partial charge in [-0.25, -0.2) is 9.59 Å². The second-order valence-corrected chi connectivity index (χ2v) is 12.6.